The fourth-order valence-corrected chi connectivity index (χ4v) is 9.99. The number of carbonyl (C=O) groups excluding carboxylic acids is 1. The Morgan fingerprint density at radius 3 is 2.32 bits per heavy atom. The van der Waals surface area contributed by atoms with Crippen LogP contribution in [0.15, 0.2) is 0 Å². The maximum Gasteiger partial charge on any atom is 0.136 e. The number of fused-ring (bicyclic) bond motifs is 5. The quantitative estimate of drug-likeness (QED) is 0.413. The molecule has 31 heavy (non-hydrogen) atoms. The predicted octanol–water partition coefficient (Wildman–Crippen LogP) is 8.70. The van der Waals surface area contributed by atoms with E-state index in [4.69, 9.17) is 0 Å². The summed E-state index contributed by atoms with van der Waals surface area (Å²) >= 11 is 0. The highest BCUT2D eigenvalue weighted by Crippen LogP contribution is 2.67. The maximum absolute atomic E-state index is 13.2. The molecule has 0 bridgehead atoms. The van der Waals surface area contributed by atoms with E-state index in [1.807, 2.05) is 0 Å². The van der Waals surface area contributed by atoms with Gasteiger partial charge in [-0.1, -0.05) is 67.2 Å². The van der Waals surface area contributed by atoms with Crippen molar-refractivity contribution in [1.29, 1.82) is 0 Å². The Morgan fingerprint density at radius 1 is 0.871 bits per heavy atom. The lowest BCUT2D eigenvalue weighted by molar-refractivity contribution is -0.131. The molecule has 0 aliphatic heterocycles. The van der Waals surface area contributed by atoms with Gasteiger partial charge in [0, 0.05) is 12.3 Å². The molecule has 178 valence electrons. The zero-order valence-corrected chi connectivity index (χ0v) is 21.7. The molecule has 0 aromatic carbocycles. The van der Waals surface area contributed by atoms with E-state index >= 15 is 0 Å². The van der Waals surface area contributed by atoms with Crippen LogP contribution in [-0.2, 0) is 4.79 Å². The van der Waals surface area contributed by atoms with E-state index in [9.17, 15) is 4.79 Å². The molecule has 0 aromatic heterocycles. The first-order chi connectivity index (χ1) is 14.7. The van der Waals surface area contributed by atoms with E-state index in [-0.39, 0.29) is 0 Å². The number of hydrogen-bond acceptors (Lipinski definition) is 1. The van der Waals surface area contributed by atoms with Crippen LogP contribution >= 0.6 is 0 Å². The Bertz CT molecular complexity index is 636. The number of ketones is 1. The van der Waals surface area contributed by atoms with Crippen molar-refractivity contribution in [2.75, 3.05) is 0 Å². The molecule has 4 saturated carbocycles. The molecule has 4 aliphatic carbocycles. The first kappa shape index (κ1) is 23.8. The Kier molecular flexibility index (Phi) is 7.02. The summed E-state index contributed by atoms with van der Waals surface area (Å²) in [5.74, 6) is 7.07. The summed E-state index contributed by atoms with van der Waals surface area (Å²) < 4.78 is 0. The van der Waals surface area contributed by atoms with Gasteiger partial charge in [0.15, 0.2) is 0 Å². The molecule has 0 aromatic rings. The van der Waals surface area contributed by atoms with Crippen LogP contribution in [0.25, 0.3) is 0 Å². The van der Waals surface area contributed by atoms with E-state index in [1.54, 1.807) is 0 Å². The van der Waals surface area contributed by atoms with Crippen LogP contribution in [-0.4, -0.2) is 5.78 Å². The highest BCUT2D eigenvalue weighted by atomic mass is 16.1. The third-order valence-electron chi connectivity index (χ3n) is 11.9. The van der Waals surface area contributed by atoms with Crippen molar-refractivity contribution >= 4 is 5.78 Å². The predicted molar refractivity (Wildman–Crippen MR) is 132 cm³/mol. The Balaban J connectivity index is 1.50. The molecule has 0 N–H and O–H groups in total. The zero-order valence-electron chi connectivity index (χ0n) is 21.7. The van der Waals surface area contributed by atoms with Crippen molar-refractivity contribution in [3.05, 3.63) is 0 Å². The van der Waals surface area contributed by atoms with E-state index < -0.39 is 0 Å². The van der Waals surface area contributed by atoms with Crippen LogP contribution in [0.2, 0.25) is 0 Å². The van der Waals surface area contributed by atoms with Gasteiger partial charge in [0.1, 0.15) is 5.78 Å². The first-order valence-corrected chi connectivity index (χ1v) is 14.2. The Morgan fingerprint density at radius 2 is 1.61 bits per heavy atom. The lowest BCUT2D eigenvalue weighted by Crippen LogP contribution is -2.49. The minimum absolute atomic E-state index is 0.313. The third-order valence-corrected chi connectivity index (χ3v) is 11.9. The van der Waals surface area contributed by atoms with E-state index in [1.165, 1.54) is 77.0 Å². The average molecular weight is 429 g/mol. The highest BCUT2D eigenvalue weighted by Gasteiger charge is 2.60. The molecule has 1 nitrogen and oxygen atoms in total. The topological polar surface area (TPSA) is 17.1 Å². The lowest BCUT2D eigenvalue weighted by atomic mass is 9.49. The van der Waals surface area contributed by atoms with Crippen LogP contribution in [0.1, 0.15) is 125 Å². The minimum Gasteiger partial charge on any atom is -0.299 e. The Hall–Kier alpha value is -0.330. The molecule has 0 unspecified atom stereocenters. The summed E-state index contributed by atoms with van der Waals surface area (Å²) in [5, 5.41) is 0. The summed E-state index contributed by atoms with van der Waals surface area (Å²) in [7, 11) is 0. The second-order valence-electron chi connectivity index (χ2n) is 13.4. The normalized spacial score (nSPS) is 44.9. The molecule has 4 fully saturated rings. The number of rotatable bonds is 6. The third kappa shape index (κ3) is 4.07. The van der Waals surface area contributed by atoms with Gasteiger partial charge in [-0.15, -0.1) is 0 Å². The average Bonchev–Trinajstić information content (AvgIpc) is 3.04. The van der Waals surface area contributed by atoms with Crippen LogP contribution in [0.5, 0.6) is 0 Å². The molecule has 0 spiro atoms. The van der Waals surface area contributed by atoms with Crippen molar-refractivity contribution in [2.45, 2.75) is 125 Å². The molecule has 1 heteroatoms. The van der Waals surface area contributed by atoms with Crippen molar-refractivity contribution in [2.24, 2.45) is 58.2 Å². The highest BCUT2D eigenvalue weighted by molar-refractivity contribution is 5.82. The monoisotopic (exact) mass is 428 g/mol. The number of hydrogen-bond donors (Lipinski definition) is 0. The summed E-state index contributed by atoms with van der Waals surface area (Å²) in [6, 6.07) is 0. The summed E-state index contributed by atoms with van der Waals surface area (Å²) in [4.78, 5) is 13.2. The van der Waals surface area contributed by atoms with E-state index in [2.05, 4.69) is 41.5 Å². The lowest BCUT2D eigenvalue weighted by Gasteiger charge is -2.56. The summed E-state index contributed by atoms with van der Waals surface area (Å²) in [6.07, 6.45) is 17.2. The largest absolute Gasteiger partial charge is 0.299 e. The van der Waals surface area contributed by atoms with Crippen LogP contribution in [0, 0.1) is 58.2 Å². The molecule has 4 aliphatic rings. The molecule has 0 heterocycles. The Labute approximate surface area is 193 Å². The standard InChI is InChI=1S/C30H52O/c1-7-22(20(2)3)12-11-21(4)24-14-15-25-23-13-16-28(31)27-10-8-9-18-29(27,5)26(23)17-19-30(24,25)6/h20-27H,7-19H2,1-6H3/t21-,22-,23+,24-,25+,26+,27-,29-,30-/m1/s1. The fourth-order valence-electron chi connectivity index (χ4n) is 9.99. The molecule has 0 amide bonds. The van der Waals surface area contributed by atoms with Crippen molar-refractivity contribution < 1.29 is 4.79 Å². The molecule has 0 radical (unpaired) electrons. The van der Waals surface area contributed by atoms with Gasteiger partial charge in [0.2, 0.25) is 0 Å². The van der Waals surface area contributed by atoms with E-state index in [0.717, 1.165) is 47.8 Å². The van der Waals surface area contributed by atoms with Gasteiger partial charge in [-0.25, -0.2) is 0 Å². The minimum atomic E-state index is 0.313. The summed E-state index contributed by atoms with van der Waals surface area (Å²) in [6.45, 7) is 15.0. The molecule has 0 saturated heterocycles. The maximum atomic E-state index is 13.2. The van der Waals surface area contributed by atoms with E-state index in [0.29, 0.717) is 22.5 Å². The SMILES string of the molecule is CC[C@H](CC[C@@H](C)[C@H]1CC[C@H]2[C@@H]3CCC(=O)[C@H]4CCCC[C@]4(C)[C@H]3CC[C@]12C)C(C)C. The fraction of sp³-hybridized carbons (Fsp3) is 0.967. The van der Waals surface area contributed by atoms with Gasteiger partial charge in [0.05, 0.1) is 0 Å². The van der Waals surface area contributed by atoms with Crippen LogP contribution in [0.3, 0.4) is 0 Å². The van der Waals surface area contributed by atoms with Crippen molar-refractivity contribution in [3.8, 4) is 0 Å². The first-order valence-electron chi connectivity index (χ1n) is 14.2. The van der Waals surface area contributed by atoms with Crippen LogP contribution in [0.4, 0.5) is 0 Å². The second-order valence-corrected chi connectivity index (χ2v) is 13.4. The van der Waals surface area contributed by atoms with Gasteiger partial charge in [-0.2, -0.15) is 0 Å². The van der Waals surface area contributed by atoms with Crippen LogP contribution < -0.4 is 0 Å². The smallest absolute Gasteiger partial charge is 0.136 e. The molecule has 9 atom stereocenters. The van der Waals surface area contributed by atoms with Gasteiger partial charge in [0.25, 0.3) is 0 Å². The van der Waals surface area contributed by atoms with Gasteiger partial charge in [-0.3, -0.25) is 4.79 Å². The van der Waals surface area contributed by atoms with Gasteiger partial charge >= 0.3 is 0 Å². The van der Waals surface area contributed by atoms with Gasteiger partial charge < -0.3 is 0 Å². The summed E-state index contributed by atoms with van der Waals surface area (Å²) in [5.41, 5.74) is 0.848. The number of carbonyl (C=O) groups is 1. The molecular weight excluding hydrogens is 376 g/mol. The zero-order chi connectivity index (χ0) is 22.4. The van der Waals surface area contributed by atoms with Crippen molar-refractivity contribution in [1.82, 2.24) is 0 Å². The molecular formula is C30H52O. The van der Waals surface area contributed by atoms with Gasteiger partial charge in [-0.05, 0) is 104 Å². The van der Waals surface area contributed by atoms with Crippen molar-refractivity contribution in [3.63, 3.8) is 0 Å². The second kappa shape index (κ2) is 9.13. The number of Topliss-reactive ketones (excluding diaryl/α,β-unsaturated/α-hetero) is 1. The molecule has 4 rings (SSSR count).